The molecule has 0 spiro atoms. The third-order valence-electron chi connectivity index (χ3n) is 2.86. The van der Waals surface area contributed by atoms with E-state index in [0.29, 0.717) is 5.54 Å². The predicted molar refractivity (Wildman–Crippen MR) is 80.2 cm³/mol. The highest BCUT2D eigenvalue weighted by Crippen LogP contribution is 2.30. The molecule has 0 aromatic heterocycles. The van der Waals surface area contributed by atoms with Crippen LogP contribution in [0.1, 0.15) is 20.3 Å². The van der Waals surface area contributed by atoms with Crippen LogP contribution in [0, 0.1) is 0 Å². The zero-order chi connectivity index (χ0) is 13.2. The molecule has 0 aromatic carbocycles. The summed E-state index contributed by atoms with van der Waals surface area (Å²) in [5, 5.41) is 0. The minimum atomic E-state index is -1.93. The summed E-state index contributed by atoms with van der Waals surface area (Å²) in [5.41, 5.74) is 0.699. The van der Waals surface area contributed by atoms with Gasteiger partial charge >= 0.3 is 8.56 Å². The van der Waals surface area contributed by atoms with E-state index in [-0.39, 0.29) is 0 Å². The van der Waals surface area contributed by atoms with Gasteiger partial charge in [0.1, 0.15) is 0 Å². The van der Waals surface area contributed by atoms with E-state index in [9.17, 15) is 0 Å². The Balaban J connectivity index is 4.57. The van der Waals surface area contributed by atoms with Crippen molar-refractivity contribution in [2.75, 3.05) is 0 Å². The highest BCUT2D eigenvalue weighted by atomic mass is 28.5. The van der Waals surface area contributed by atoms with Crippen molar-refractivity contribution < 1.29 is 8.23 Å². The Morgan fingerprint density at radius 3 is 1.62 bits per heavy atom. The maximum Gasteiger partial charge on any atom is 0.311 e. The minimum Gasteiger partial charge on any atom is -0.437 e. The molecule has 0 heterocycles. The van der Waals surface area contributed by atoms with Crippen molar-refractivity contribution in [2.24, 2.45) is 0 Å². The number of hydrogen-bond acceptors (Lipinski definition) is 2. The second-order valence-corrected chi connectivity index (χ2v) is 19.5. The molecule has 1 atom stereocenters. The van der Waals surface area contributed by atoms with Crippen molar-refractivity contribution in [2.45, 2.75) is 71.6 Å². The van der Waals surface area contributed by atoms with E-state index in [1.807, 2.05) is 0 Å². The van der Waals surface area contributed by atoms with Crippen molar-refractivity contribution >= 4 is 25.2 Å². The summed E-state index contributed by atoms with van der Waals surface area (Å²) in [6.07, 6.45) is 1.21. The Bertz CT molecular complexity index is 222. The summed E-state index contributed by atoms with van der Waals surface area (Å²) in [4.78, 5) is 0. The third-order valence-corrected chi connectivity index (χ3v) is 14.1. The molecule has 0 aliphatic carbocycles. The molecule has 0 aliphatic heterocycles. The molecular formula is C11H30O2Si3. The average Bonchev–Trinajstić information content (AvgIpc) is 1.95. The molecular weight excluding hydrogens is 248 g/mol. The topological polar surface area (TPSA) is 18.5 Å². The van der Waals surface area contributed by atoms with Crippen LogP contribution in [-0.2, 0) is 8.23 Å². The van der Waals surface area contributed by atoms with Crippen LogP contribution in [-0.4, -0.2) is 25.2 Å². The lowest BCUT2D eigenvalue weighted by atomic mass is 10.4. The standard InChI is InChI=1S/C11H30O2Si3/c1-10-11(2)15(6,7)13-16(8,9)12-14(3,4)5/h11H,10H2,1-9H3. The molecule has 98 valence electrons. The van der Waals surface area contributed by atoms with Crippen LogP contribution in [0.3, 0.4) is 0 Å². The second-order valence-electron chi connectivity index (χ2n) is 6.63. The monoisotopic (exact) mass is 278 g/mol. The smallest absolute Gasteiger partial charge is 0.311 e. The van der Waals surface area contributed by atoms with Crippen molar-refractivity contribution in [1.82, 2.24) is 0 Å². The highest BCUT2D eigenvalue weighted by molar-refractivity contribution is 6.87. The first-order valence-electron chi connectivity index (χ1n) is 6.30. The SMILES string of the molecule is CCC(C)[Si](C)(C)O[Si](C)(C)O[Si](C)(C)C. The first kappa shape index (κ1) is 16.6. The largest absolute Gasteiger partial charge is 0.437 e. The van der Waals surface area contributed by atoms with E-state index in [4.69, 9.17) is 8.23 Å². The minimum absolute atomic E-state index is 0.699. The summed E-state index contributed by atoms with van der Waals surface area (Å²) in [6.45, 7) is 20.3. The van der Waals surface area contributed by atoms with Crippen molar-refractivity contribution in [3.05, 3.63) is 0 Å². The normalized spacial score (nSPS) is 16.3. The Morgan fingerprint density at radius 1 is 0.875 bits per heavy atom. The molecule has 0 fully saturated rings. The molecule has 5 heteroatoms. The van der Waals surface area contributed by atoms with Crippen LogP contribution in [0.25, 0.3) is 0 Å². The van der Waals surface area contributed by atoms with Gasteiger partial charge in [-0.3, -0.25) is 0 Å². The fourth-order valence-corrected chi connectivity index (χ4v) is 15.3. The van der Waals surface area contributed by atoms with E-state index in [2.05, 4.69) is 59.7 Å². The van der Waals surface area contributed by atoms with Gasteiger partial charge in [0.15, 0.2) is 16.6 Å². The number of hydrogen-bond donors (Lipinski definition) is 0. The molecule has 0 aliphatic rings. The van der Waals surface area contributed by atoms with Crippen molar-refractivity contribution in [3.63, 3.8) is 0 Å². The van der Waals surface area contributed by atoms with E-state index >= 15 is 0 Å². The lowest BCUT2D eigenvalue weighted by molar-refractivity contribution is 0.385. The van der Waals surface area contributed by atoms with E-state index in [1.165, 1.54) is 6.42 Å². The lowest BCUT2D eigenvalue weighted by Crippen LogP contribution is -2.52. The molecule has 2 nitrogen and oxygen atoms in total. The molecule has 0 radical (unpaired) electrons. The van der Waals surface area contributed by atoms with Crippen LogP contribution in [0.15, 0.2) is 0 Å². The highest BCUT2D eigenvalue weighted by Gasteiger charge is 2.40. The molecule has 0 saturated carbocycles. The van der Waals surface area contributed by atoms with Crippen LogP contribution in [0.4, 0.5) is 0 Å². The summed E-state index contributed by atoms with van der Waals surface area (Å²) in [6, 6.07) is 0. The molecule has 1 unspecified atom stereocenters. The van der Waals surface area contributed by atoms with Gasteiger partial charge in [-0.1, -0.05) is 20.3 Å². The Labute approximate surface area is 105 Å². The van der Waals surface area contributed by atoms with Gasteiger partial charge in [0.2, 0.25) is 0 Å². The molecule has 0 rings (SSSR count). The van der Waals surface area contributed by atoms with E-state index in [0.717, 1.165) is 0 Å². The molecule has 0 amide bonds. The first-order chi connectivity index (χ1) is 6.90. The quantitative estimate of drug-likeness (QED) is 0.663. The molecule has 0 N–H and O–H groups in total. The van der Waals surface area contributed by atoms with Gasteiger partial charge in [0, 0.05) is 0 Å². The van der Waals surface area contributed by atoms with Gasteiger partial charge in [-0.2, -0.15) is 0 Å². The summed E-state index contributed by atoms with van der Waals surface area (Å²) < 4.78 is 12.7. The van der Waals surface area contributed by atoms with Crippen LogP contribution >= 0.6 is 0 Å². The maximum absolute atomic E-state index is 6.44. The summed E-state index contributed by atoms with van der Waals surface area (Å²) in [5.74, 6) is 0. The van der Waals surface area contributed by atoms with Gasteiger partial charge < -0.3 is 8.23 Å². The van der Waals surface area contributed by atoms with Crippen LogP contribution in [0.5, 0.6) is 0 Å². The van der Waals surface area contributed by atoms with Crippen LogP contribution in [0.2, 0.25) is 51.4 Å². The Hall–Kier alpha value is 0.571. The van der Waals surface area contributed by atoms with Gasteiger partial charge in [0.25, 0.3) is 0 Å². The van der Waals surface area contributed by atoms with Crippen molar-refractivity contribution in [3.8, 4) is 0 Å². The molecule has 16 heavy (non-hydrogen) atoms. The summed E-state index contributed by atoms with van der Waals surface area (Å²) in [7, 11) is -4.99. The lowest BCUT2D eigenvalue weighted by Gasteiger charge is -2.39. The van der Waals surface area contributed by atoms with Gasteiger partial charge in [-0.15, -0.1) is 0 Å². The second kappa shape index (κ2) is 5.48. The van der Waals surface area contributed by atoms with Crippen molar-refractivity contribution in [1.29, 1.82) is 0 Å². The first-order valence-corrected chi connectivity index (χ1v) is 15.5. The predicted octanol–water partition coefficient (Wildman–Crippen LogP) is 4.56. The molecule has 0 aromatic rings. The van der Waals surface area contributed by atoms with Gasteiger partial charge in [-0.25, -0.2) is 0 Å². The fraction of sp³-hybridized carbons (Fsp3) is 1.00. The zero-order valence-corrected chi connectivity index (χ0v) is 15.6. The Kier molecular flexibility index (Phi) is 5.67. The zero-order valence-electron chi connectivity index (χ0n) is 12.6. The Morgan fingerprint density at radius 2 is 1.31 bits per heavy atom. The summed E-state index contributed by atoms with van der Waals surface area (Å²) >= 11 is 0. The van der Waals surface area contributed by atoms with Crippen LogP contribution < -0.4 is 0 Å². The number of rotatable bonds is 6. The molecule has 0 saturated heterocycles. The molecule has 0 bridgehead atoms. The fourth-order valence-electron chi connectivity index (χ4n) is 1.98. The van der Waals surface area contributed by atoms with E-state index in [1.54, 1.807) is 0 Å². The van der Waals surface area contributed by atoms with E-state index < -0.39 is 25.2 Å². The maximum atomic E-state index is 6.44. The third kappa shape index (κ3) is 6.34. The van der Waals surface area contributed by atoms with Gasteiger partial charge in [-0.05, 0) is 51.4 Å². The van der Waals surface area contributed by atoms with Gasteiger partial charge in [0.05, 0.1) is 0 Å². The average molecular weight is 279 g/mol.